The van der Waals surface area contributed by atoms with E-state index >= 15 is 0 Å². The van der Waals surface area contributed by atoms with Gasteiger partial charge in [-0.3, -0.25) is 0 Å². The van der Waals surface area contributed by atoms with Gasteiger partial charge in [0.2, 0.25) is 0 Å². The van der Waals surface area contributed by atoms with Crippen molar-refractivity contribution in [3.63, 3.8) is 0 Å². The third kappa shape index (κ3) is 1.19. The molecule has 0 aromatic heterocycles. The maximum absolute atomic E-state index is 5.83. The lowest BCUT2D eigenvalue weighted by Crippen LogP contribution is -2.17. The summed E-state index contributed by atoms with van der Waals surface area (Å²) in [6.07, 6.45) is 1.90. The molecule has 2 aliphatic rings. The Morgan fingerprint density at radius 3 is 2.83 bits per heavy atom. The Labute approximate surface area is 73.5 Å². The SMILES string of the molecule is C=C1COC2CC(C(C)C)OC12. The van der Waals surface area contributed by atoms with E-state index in [1.165, 1.54) is 0 Å². The van der Waals surface area contributed by atoms with Gasteiger partial charge in [0, 0.05) is 6.42 Å². The molecule has 0 bridgehead atoms. The van der Waals surface area contributed by atoms with E-state index in [-0.39, 0.29) is 6.10 Å². The van der Waals surface area contributed by atoms with Gasteiger partial charge in [0.15, 0.2) is 0 Å². The van der Waals surface area contributed by atoms with Crippen LogP contribution in [0.5, 0.6) is 0 Å². The average molecular weight is 168 g/mol. The van der Waals surface area contributed by atoms with E-state index in [0.29, 0.717) is 24.7 Å². The molecule has 0 N–H and O–H groups in total. The molecule has 0 spiro atoms. The summed E-state index contributed by atoms with van der Waals surface area (Å²) in [5, 5.41) is 0. The lowest BCUT2D eigenvalue weighted by molar-refractivity contribution is 0.0306. The van der Waals surface area contributed by atoms with Crippen LogP contribution in [0.15, 0.2) is 12.2 Å². The molecule has 0 amide bonds. The zero-order valence-electron chi connectivity index (χ0n) is 7.75. The van der Waals surface area contributed by atoms with Crippen LogP contribution in [0.2, 0.25) is 0 Å². The minimum atomic E-state index is 0.192. The lowest BCUT2D eigenvalue weighted by atomic mass is 10.0. The minimum absolute atomic E-state index is 0.192. The first kappa shape index (κ1) is 8.27. The van der Waals surface area contributed by atoms with E-state index in [1.54, 1.807) is 0 Å². The Kier molecular flexibility index (Phi) is 1.97. The van der Waals surface area contributed by atoms with Gasteiger partial charge in [0.1, 0.15) is 6.10 Å². The summed E-state index contributed by atoms with van der Waals surface area (Å²) < 4.78 is 11.4. The second kappa shape index (κ2) is 2.86. The van der Waals surface area contributed by atoms with Gasteiger partial charge < -0.3 is 9.47 Å². The fraction of sp³-hybridized carbons (Fsp3) is 0.800. The summed E-state index contributed by atoms with van der Waals surface area (Å²) in [6, 6.07) is 0. The number of fused-ring (bicyclic) bond motifs is 1. The summed E-state index contributed by atoms with van der Waals surface area (Å²) in [5.41, 5.74) is 1.11. The second-order valence-electron chi connectivity index (χ2n) is 4.08. The maximum Gasteiger partial charge on any atom is 0.107 e. The highest BCUT2D eigenvalue weighted by molar-refractivity contribution is 5.14. The van der Waals surface area contributed by atoms with Gasteiger partial charge >= 0.3 is 0 Å². The number of ether oxygens (including phenoxy) is 2. The second-order valence-corrected chi connectivity index (χ2v) is 4.08. The first-order chi connectivity index (χ1) is 5.68. The molecule has 0 aromatic carbocycles. The molecule has 3 atom stereocenters. The zero-order valence-corrected chi connectivity index (χ0v) is 7.75. The molecule has 3 unspecified atom stereocenters. The van der Waals surface area contributed by atoms with Crippen LogP contribution in [0, 0.1) is 5.92 Å². The quantitative estimate of drug-likeness (QED) is 0.555. The smallest absolute Gasteiger partial charge is 0.107 e. The summed E-state index contributed by atoms with van der Waals surface area (Å²) in [4.78, 5) is 0. The Hall–Kier alpha value is -0.340. The number of hydrogen-bond donors (Lipinski definition) is 0. The van der Waals surface area contributed by atoms with Crippen molar-refractivity contribution in [3.8, 4) is 0 Å². The Balaban J connectivity index is 2.03. The Morgan fingerprint density at radius 1 is 1.50 bits per heavy atom. The minimum Gasteiger partial charge on any atom is -0.371 e. The fourth-order valence-electron chi connectivity index (χ4n) is 1.92. The van der Waals surface area contributed by atoms with Gasteiger partial charge in [-0.15, -0.1) is 0 Å². The van der Waals surface area contributed by atoms with Crippen LogP contribution in [0.1, 0.15) is 20.3 Å². The average Bonchev–Trinajstić information content (AvgIpc) is 2.53. The first-order valence-electron chi connectivity index (χ1n) is 4.63. The van der Waals surface area contributed by atoms with Crippen LogP contribution in [-0.4, -0.2) is 24.9 Å². The monoisotopic (exact) mass is 168 g/mol. The van der Waals surface area contributed by atoms with Gasteiger partial charge in [0.05, 0.1) is 18.8 Å². The molecular formula is C10H16O2. The van der Waals surface area contributed by atoms with Gasteiger partial charge in [-0.25, -0.2) is 0 Å². The number of hydrogen-bond acceptors (Lipinski definition) is 2. The van der Waals surface area contributed by atoms with Crippen molar-refractivity contribution in [1.29, 1.82) is 0 Å². The highest BCUT2D eigenvalue weighted by Gasteiger charge is 2.42. The molecule has 0 saturated carbocycles. The van der Waals surface area contributed by atoms with Crippen LogP contribution < -0.4 is 0 Å². The molecule has 2 aliphatic heterocycles. The van der Waals surface area contributed by atoms with Crippen LogP contribution >= 0.6 is 0 Å². The zero-order chi connectivity index (χ0) is 8.72. The molecule has 2 heterocycles. The molecule has 2 fully saturated rings. The molecule has 2 rings (SSSR count). The first-order valence-corrected chi connectivity index (χ1v) is 4.63. The van der Waals surface area contributed by atoms with Crippen molar-refractivity contribution in [2.45, 2.75) is 38.6 Å². The molecule has 12 heavy (non-hydrogen) atoms. The highest BCUT2D eigenvalue weighted by Crippen LogP contribution is 2.35. The standard InChI is InChI=1S/C10H16O2/c1-6(2)8-4-9-10(12-8)7(3)5-11-9/h6,8-10H,3-5H2,1-2H3. The molecule has 2 heteroatoms. The third-order valence-electron chi connectivity index (χ3n) is 2.75. The summed E-state index contributed by atoms with van der Waals surface area (Å²) in [5.74, 6) is 0.590. The predicted octanol–water partition coefficient (Wildman–Crippen LogP) is 1.75. The topological polar surface area (TPSA) is 18.5 Å². The molecule has 0 radical (unpaired) electrons. The third-order valence-corrected chi connectivity index (χ3v) is 2.75. The molecule has 2 nitrogen and oxygen atoms in total. The largest absolute Gasteiger partial charge is 0.371 e. The Bertz CT molecular complexity index is 198. The van der Waals surface area contributed by atoms with E-state index in [9.17, 15) is 0 Å². The fourth-order valence-corrected chi connectivity index (χ4v) is 1.92. The van der Waals surface area contributed by atoms with Crippen LogP contribution in [0.4, 0.5) is 0 Å². The van der Waals surface area contributed by atoms with Crippen LogP contribution in [0.25, 0.3) is 0 Å². The molecule has 0 aliphatic carbocycles. The predicted molar refractivity (Wildman–Crippen MR) is 47.0 cm³/mol. The van der Waals surface area contributed by atoms with Gasteiger partial charge in [0.25, 0.3) is 0 Å². The highest BCUT2D eigenvalue weighted by atomic mass is 16.6. The van der Waals surface area contributed by atoms with Crippen molar-refractivity contribution >= 4 is 0 Å². The summed E-state index contributed by atoms with van der Waals surface area (Å²) in [6.45, 7) is 9.01. The normalized spacial score (nSPS) is 40.9. The molecule has 68 valence electrons. The molecule has 2 saturated heterocycles. The van der Waals surface area contributed by atoms with E-state index < -0.39 is 0 Å². The van der Waals surface area contributed by atoms with Gasteiger partial charge in [-0.2, -0.15) is 0 Å². The van der Waals surface area contributed by atoms with E-state index in [2.05, 4.69) is 20.4 Å². The summed E-state index contributed by atoms with van der Waals surface area (Å²) in [7, 11) is 0. The van der Waals surface area contributed by atoms with E-state index in [4.69, 9.17) is 9.47 Å². The van der Waals surface area contributed by atoms with Crippen molar-refractivity contribution in [2.75, 3.05) is 6.61 Å². The van der Waals surface area contributed by atoms with Crippen LogP contribution in [-0.2, 0) is 9.47 Å². The summed E-state index contributed by atoms with van der Waals surface area (Å²) >= 11 is 0. The molecular weight excluding hydrogens is 152 g/mol. The van der Waals surface area contributed by atoms with Crippen molar-refractivity contribution in [3.05, 3.63) is 12.2 Å². The van der Waals surface area contributed by atoms with Crippen molar-refractivity contribution in [2.24, 2.45) is 5.92 Å². The van der Waals surface area contributed by atoms with Gasteiger partial charge in [-0.05, 0) is 11.5 Å². The maximum atomic E-state index is 5.83. The van der Waals surface area contributed by atoms with E-state index in [1.807, 2.05) is 0 Å². The molecule has 0 aromatic rings. The lowest BCUT2D eigenvalue weighted by Gasteiger charge is -2.15. The van der Waals surface area contributed by atoms with Crippen molar-refractivity contribution < 1.29 is 9.47 Å². The Morgan fingerprint density at radius 2 is 2.25 bits per heavy atom. The number of rotatable bonds is 1. The van der Waals surface area contributed by atoms with Gasteiger partial charge in [-0.1, -0.05) is 20.4 Å². The van der Waals surface area contributed by atoms with Crippen molar-refractivity contribution in [1.82, 2.24) is 0 Å². The van der Waals surface area contributed by atoms with E-state index in [0.717, 1.165) is 12.0 Å². The van der Waals surface area contributed by atoms with Crippen LogP contribution in [0.3, 0.4) is 0 Å².